The van der Waals surface area contributed by atoms with Crippen LogP contribution < -0.4 is 0 Å². The van der Waals surface area contributed by atoms with E-state index in [2.05, 4.69) is 0 Å². The molecule has 2 unspecified atom stereocenters. The van der Waals surface area contributed by atoms with Gasteiger partial charge in [-0.05, 0) is 0 Å². The molecule has 0 saturated heterocycles. The van der Waals surface area contributed by atoms with Crippen molar-refractivity contribution in [3.8, 4) is 0 Å². The van der Waals surface area contributed by atoms with E-state index in [0.717, 1.165) is 0 Å². The van der Waals surface area contributed by atoms with Crippen molar-refractivity contribution in [2.75, 3.05) is 0 Å². The number of aliphatic hydroxyl groups excluding tert-OH is 2. The Morgan fingerprint density at radius 1 is 1.14 bits per heavy atom. The molecule has 7 heavy (non-hydrogen) atoms. The van der Waals surface area contributed by atoms with E-state index >= 15 is 0 Å². The van der Waals surface area contributed by atoms with E-state index in [1.54, 1.807) is 13.8 Å². The van der Waals surface area contributed by atoms with Crippen molar-refractivity contribution in [3.05, 3.63) is 0 Å². The van der Waals surface area contributed by atoms with Crippen LogP contribution in [0.2, 0.25) is 0 Å². The zero-order valence-electron chi connectivity index (χ0n) is 4.46. The molecule has 0 aliphatic heterocycles. The Bertz CT molecular complexity index is 39.0. The topological polar surface area (TPSA) is 40.5 Å². The maximum atomic E-state index is 8.62. The molecule has 0 bridgehead atoms. The molecule has 0 rings (SSSR count). The zero-order valence-corrected chi connectivity index (χ0v) is 6.79. The van der Waals surface area contributed by atoms with Crippen LogP contribution in [-0.4, -0.2) is 39.4 Å². The third kappa shape index (κ3) is 6.71. The van der Waals surface area contributed by atoms with Gasteiger partial charge in [0.2, 0.25) is 0 Å². The summed E-state index contributed by atoms with van der Waals surface area (Å²) < 4.78 is -0.490. The van der Waals surface area contributed by atoms with E-state index in [0.29, 0.717) is 0 Å². The fraction of sp³-hybridized carbons (Fsp3) is 1.00. The molecule has 0 aliphatic rings. The predicted octanol–water partition coefficient (Wildman–Crippen LogP) is -0.633. The Balaban J connectivity index is 2.95. The summed E-state index contributed by atoms with van der Waals surface area (Å²) in [6.07, 6.45) is 0. The second-order valence-corrected chi connectivity index (χ2v) is 6.01. The van der Waals surface area contributed by atoms with Gasteiger partial charge in [-0.3, -0.25) is 0 Å². The van der Waals surface area contributed by atoms with Crippen LogP contribution in [0, 0.1) is 0 Å². The van der Waals surface area contributed by atoms with Gasteiger partial charge in [0.05, 0.1) is 0 Å². The van der Waals surface area contributed by atoms with E-state index in [1.807, 2.05) is 0 Å². The molecule has 2 atom stereocenters. The number of aliphatic hydroxyl groups is 2. The van der Waals surface area contributed by atoms with Gasteiger partial charge in [-0.2, -0.15) is 0 Å². The van der Waals surface area contributed by atoms with Crippen molar-refractivity contribution in [1.29, 1.82) is 0 Å². The summed E-state index contributed by atoms with van der Waals surface area (Å²) >= 11 is -0.539. The second kappa shape index (κ2) is 3.68. The van der Waals surface area contributed by atoms with Crippen LogP contribution in [0.3, 0.4) is 0 Å². The molecule has 0 radical (unpaired) electrons. The van der Waals surface area contributed by atoms with E-state index in [4.69, 9.17) is 10.2 Å². The summed E-state index contributed by atoms with van der Waals surface area (Å²) in [7, 11) is 0. The van der Waals surface area contributed by atoms with E-state index < -0.39 is 20.9 Å². The van der Waals surface area contributed by atoms with Crippen LogP contribution in [-0.2, 0) is 0 Å². The Labute approximate surface area is 53.6 Å². The van der Waals surface area contributed by atoms with Gasteiger partial charge in [-0.25, -0.2) is 0 Å². The van der Waals surface area contributed by atoms with Crippen LogP contribution in [0.15, 0.2) is 0 Å². The molecule has 0 aromatic carbocycles. The zero-order chi connectivity index (χ0) is 5.86. The van der Waals surface area contributed by atoms with Crippen LogP contribution in [0.5, 0.6) is 0 Å². The molecule has 0 fully saturated rings. The van der Waals surface area contributed by atoms with Crippen molar-refractivity contribution in [3.63, 3.8) is 0 Å². The van der Waals surface area contributed by atoms with E-state index in [9.17, 15) is 0 Å². The SMILES string of the molecule is CC(O)[Te]C(C)O. The molecular weight excluding hydrogens is 208 g/mol. The average molecular weight is 218 g/mol. The van der Waals surface area contributed by atoms with Gasteiger partial charge < -0.3 is 0 Å². The van der Waals surface area contributed by atoms with Crippen LogP contribution >= 0.6 is 0 Å². The Kier molecular flexibility index (Phi) is 4.05. The molecule has 0 heterocycles. The first-order valence-electron chi connectivity index (χ1n) is 2.14. The fourth-order valence-corrected chi connectivity index (χ4v) is 1.91. The predicted molar refractivity (Wildman–Crippen MR) is 29.1 cm³/mol. The van der Waals surface area contributed by atoms with E-state index in [-0.39, 0.29) is 8.30 Å². The Morgan fingerprint density at radius 2 is 1.43 bits per heavy atom. The number of hydrogen-bond donors (Lipinski definition) is 2. The first-order valence-corrected chi connectivity index (χ1v) is 4.83. The first kappa shape index (κ1) is 7.71. The van der Waals surface area contributed by atoms with Crippen molar-refractivity contribution in [1.82, 2.24) is 0 Å². The molecule has 0 aromatic heterocycles. The summed E-state index contributed by atoms with van der Waals surface area (Å²) in [6, 6.07) is 0. The van der Waals surface area contributed by atoms with Crippen molar-refractivity contribution < 1.29 is 10.2 Å². The Morgan fingerprint density at radius 3 is 1.43 bits per heavy atom. The van der Waals surface area contributed by atoms with Gasteiger partial charge in [-0.1, -0.05) is 0 Å². The standard InChI is InChI=1S/C4H10O2Te/c1-3(5)7-4(2)6/h3-6H,1-2H3. The minimum atomic E-state index is -0.539. The van der Waals surface area contributed by atoms with Crippen molar-refractivity contribution in [2.45, 2.75) is 22.2 Å². The third-order valence-corrected chi connectivity index (χ3v) is 2.64. The van der Waals surface area contributed by atoms with Crippen molar-refractivity contribution >= 4 is 20.9 Å². The number of rotatable bonds is 2. The van der Waals surface area contributed by atoms with Gasteiger partial charge in [0.15, 0.2) is 0 Å². The van der Waals surface area contributed by atoms with Gasteiger partial charge in [-0.15, -0.1) is 0 Å². The Hall–Kier alpha value is 0.710. The van der Waals surface area contributed by atoms with Crippen LogP contribution in [0.1, 0.15) is 13.8 Å². The summed E-state index contributed by atoms with van der Waals surface area (Å²) in [5.41, 5.74) is 0. The molecule has 0 saturated carbocycles. The molecule has 0 amide bonds. The van der Waals surface area contributed by atoms with Crippen LogP contribution in [0.25, 0.3) is 0 Å². The fourth-order valence-electron chi connectivity index (χ4n) is 0.285. The monoisotopic (exact) mass is 220 g/mol. The minimum absolute atomic E-state index is 0.245. The summed E-state index contributed by atoms with van der Waals surface area (Å²) in [5.74, 6) is 0. The summed E-state index contributed by atoms with van der Waals surface area (Å²) in [6.45, 7) is 3.43. The average Bonchev–Trinajstić information content (AvgIpc) is 1.27. The molecule has 44 valence electrons. The number of hydrogen-bond acceptors (Lipinski definition) is 2. The maximum absolute atomic E-state index is 8.62. The second-order valence-electron chi connectivity index (χ2n) is 1.33. The van der Waals surface area contributed by atoms with Gasteiger partial charge >= 0.3 is 53.3 Å². The molecule has 0 aliphatic carbocycles. The van der Waals surface area contributed by atoms with Crippen molar-refractivity contribution in [2.24, 2.45) is 0 Å². The van der Waals surface area contributed by atoms with Crippen LogP contribution in [0.4, 0.5) is 0 Å². The van der Waals surface area contributed by atoms with Gasteiger partial charge in [0.25, 0.3) is 0 Å². The quantitative estimate of drug-likeness (QED) is 0.605. The molecule has 0 spiro atoms. The van der Waals surface area contributed by atoms with Gasteiger partial charge in [0.1, 0.15) is 0 Å². The molecule has 0 aromatic rings. The first-order chi connectivity index (χ1) is 3.13. The third-order valence-electron chi connectivity index (χ3n) is 0.394. The molecule has 2 N–H and O–H groups in total. The molecular formula is C4H10O2Te. The summed E-state index contributed by atoms with van der Waals surface area (Å²) in [5, 5.41) is 17.2. The molecule has 3 heteroatoms. The van der Waals surface area contributed by atoms with E-state index in [1.165, 1.54) is 0 Å². The molecule has 2 nitrogen and oxygen atoms in total. The summed E-state index contributed by atoms with van der Waals surface area (Å²) in [4.78, 5) is 0. The normalized spacial score (nSPS) is 18.9. The van der Waals surface area contributed by atoms with Gasteiger partial charge in [0, 0.05) is 0 Å².